The van der Waals surface area contributed by atoms with Crippen molar-refractivity contribution >= 4 is 11.8 Å². The van der Waals surface area contributed by atoms with Gasteiger partial charge in [0.1, 0.15) is 18.1 Å². The Hall–Kier alpha value is -3.26. The van der Waals surface area contributed by atoms with Crippen LogP contribution in [0.2, 0.25) is 0 Å². The number of carbonyl (C=O) groups excluding carboxylic acids is 2. The molecule has 0 aliphatic carbocycles. The summed E-state index contributed by atoms with van der Waals surface area (Å²) in [7, 11) is 0. The Morgan fingerprint density at radius 2 is 1.73 bits per heavy atom. The van der Waals surface area contributed by atoms with Gasteiger partial charge in [-0.25, -0.2) is 9.69 Å². The van der Waals surface area contributed by atoms with Crippen molar-refractivity contribution in [3.05, 3.63) is 41.2 Å². The number of hydrogen-bond acceptors (Lipinski definition) is 6. The Balaban J connectivity index is 1.39. The SMILES string of the molecule is O=C1c2c(c(C(F)(F)F)nn2-c2ccc(OC(F)F)cc2)CCN1C1CCN(N2CCOCC2=O)CC1. The van der Waals surface area contributed by atoms with E-state index in [0.717, 1.165) is 4.68 Å². The molecule has 200 valence electrons. The molecule has 0 saturated carbocycles. The van der Waals surface area contributed by atoms with Gasteiger partial charge >= 0.3 is 12.8 Å². The number of piperidine rings is 1. The van der Waals surface area contributed by atoms with Crippen molar-refractivity contribution in [2.24, 2.45) is 0 Å². The Bertz CT molecular complexity index is 1160. The summed E-state index contributed by atoms with van der Waals surface area (Å²) < 4.78 is 76.7. The largest absolute Gasteiger partial charge is 0.435 e. The summed E-state index contributed by atoms with van der Waals surface area (Å²) in [6, 6.07) is 4.69. The van der Waals surface area contributed by atoms with E-state index in [0.29, 0.717) is 39.1 Å². The first-order chi connectivity index (χ1) is 17.6. The lowest BCUT2D eigenvalue weighted by Gasteiger charge is -2.44. The third-order valence-corrected chi connectivity index (χ3v) is 6.81. The Morgan fingerprint density at radius 1 is 1.03 bits per heavy atom. The quantitative estimate of drug-likeness (QED) is 0.555. The third-order valence-electron chi connectivity index (χ3n) is 6.81. The maximum Gasteiger partial charge on any atom is 0.435 e. The van der Waals surface area contributed by atoms with Gasteiger partial charge < -0.3 is 14.4 Å². The van der Waals surface area contributed by atoms with Crippen molar-refractivity contribution in [1.82, 2.24) is 24.7 Å². The first-order valence-corrected chi connectivity index (χ1v) is 11.8. The Kier molecular flexibility index (Phi) is 6.79. The number of morpholine rings is 1. The number of ether oxygens (including phenoxy) is 2. The summed E-state index contributed by atoms with van der Waals surface area (Å²) in [5.74, 6) is -0.871. The normalized spacial score (nSPS) is 20.1. The van der Waals surface area contributed by atoms with E-state index >= 15 is 0 Å². The molecule has 0 atom stereocenters. The molecule has 1 aromatic heterocycles. The highest BCUT2D eigenvalue weighted by atomic mass is 19.4. The van der Waals surface area contributed by atoms with E-state index in [1.54, 1.807) is 9.91 Å². The minimum absolute atomic E-state index is 0.0219. The number of carbonyl (C=O) groups is 2. The van der Waals surface area contributed by atoms with Gasteiger partial charge in [-0.3, -0.25) is 14.6 Å². The third kappa shape index (κ3) is 4.99. The van der Waals surface area contributed by atoms with Crippen LogP contribution in [-0.4, -0.2) is 88.6 Å². The standard InChI is InChI=1S/C23H24F5N5O4/c24-22(25)37-16-3-1-15(2-4-16)33-19-17(20(29-33)23(26,27)28)7-10-31(21(19)35)14-5-8-30(9-6-14)32-11-12-36-13-18(32)34/h1-4,14,22H,5-13H2. The topological polar surface area (TPSA) is 80.1 Å². The zero-order valence-corrected chi connectivity index (χ0v) is 19.6. The molecule has 5 rings (SSSR count). The fourth-order valence-corrected chi connectivity index (χ4v) is 5.12. The van der Waals surface area contributed by atoms with Gasteiger partial charge in [0, 0.05) is 31.2 Å². The average Bonchev–Trinajstić information content (AvgIpc) is 3.26. The second kappa shape index (κ2) is 9.89. The number of amides is 2. The van der Waals surface area contributed by atoms with Crippen molar-refractivity contribution in [3.63, 3.8) is 0 Å². The van der Waals surface area contributed by atoms with E-state index < -0.39 is 24.4 Å². The van der Waals surface area contributed by atoms with Gasteiger partial charge in [0.25, 0.3) is 11.8 Å². The Morgan fingerprint density at radius 3 is 2.35 bits per heavy atom. The molecule has 2 aromatic rings. The molecule has 3 aliphatic heterocycles. The summed E-state index contributed by atoms with van der Waals surface area (Å²) >= 11 is 0. The van der Waals surface area contributed by atoms with Crippen LogP contribution >= 0.6 is 0 Å². The number of fused-ring (bicyclic) bond motifs is 1. The van der Waals surface area contributed by atoms with Crippen LogP contribution in [0.5, 0.6) is 5.75 Å². The first kappa shape index (κ1) is 25.4. The van der Waals surface area contributed by atoms with Crippen LogP contribution in [0.15, 0.2) is 24.3 Å². The van der Waals surface area contributed by atoms with Crippen molar-refractivity contribution < 1.29 is 41.0 Å². The number of alkyl halides is 5. The van der Waals surface area contributed by atoms with Crippen LogP contribution in [0.4, 0.5) is 22.0 Å². The molecule has 2 saturated heterocycles. The highest BCUT2D eigenvalue weighted by molar-refractivity contribution is 5.96. The molecular formula is C23H24F5N5O4. The maximum absolute atomic E-state index is 13.8. The Labute approximate surface area is 208 Å². The molecule has 4 heterocycles. The molecule has 9 nitrogen and oxygen atoms in total. The van der Waals surface area contributed by atoms with Gasteiger partial charge in [0.05, 0.1) is 18.8 Å². The van der Waals surface area contributed by atoms with Crippen LogP contribution in [0.25, 0.3) is 5.69 Å². The second-order valence-electron chi connectivity index (χ2n) is 8.96. The molecule has 0 N–H and O–H groups in total. The molecule has 0 spiro atoms. The second-order valence-corrected chi connectivity index (χ2v) is 8.96. The zero-order valence-electron chi connectivity index (χ0n) is 19.6. The van der Waals surface area contributed by atoms with E-state index in [2.05, 4.69) is 9.84 Å². The number of rotatable bonds is 5. The average molecular weight is 529 g/mol. The predicted molar refractivity (Wildman–Crippen MR) is 117 cm³/mol. The lowest BCUT2D eigenvalue weighted by atomic mass is 9.97. The van der Waals surface area contributed by atoms with Crippen LogP contribution < -0.4 is 4.74 Å². The van der Waals surface area contributed by atoms with Crippen molar-refractivity contribution in [2.45, 2.75) is 38.1 Å². The minimum atomic E-state index is -4.77. The van der Waals surface area contributed by atoms with Gasteiger partial charge in [-0.1, -0.05) is 0 Å². The van der Waals surface area contributed by atoms with Crippen molar-refractivity contribution in [2.75, 3.05) is 39.4 Å². The van der Waals surface area contributed by atoms with E-state index in [1.807, 2.05) is 5.01 Å². The molecule has 2 amide bonds. The van der Waals surface area contributed by atoms with E-state index in [4.69, 9.17) is 4.74 Å². The summed E-state index contributed by atoms with van der Waals surface area (Å²) in [5.41, 5.74) is -1.39. The summed E-state index contributed by atoms with van der Waals surface area (Å²) in [6.45, 7) is -0.979. The summed E-state index contributed by atoms with van der Waals surface area (Å²) in [4.78, 5) is 27.3. The van der Waals surface area contributed by atoms with Gasteiger partial charge in [-0.2, -0.15) is 27.1 Å². The maximum atomic E-state index is 13.8. The lowest BCUT2D eigenvalue weighted by Crippen LogP contribution is -2.57. The van der Waals surface area contributed by atoms with Crippen LogP contribution in [-0.2, 0) is 22.1 Å². The molecule has 37 heavy (non-hydrogen) atoms. The number of benzene rings is 1. The van der Waals surface area contributed by atoms with Crippen LogP contribution in [0, 0.1) is 0 Å². The first-order valence-electron chi connectivity index (χ1n) is 11.8. The highest BCUT2D eigenvalue weighted by Gasteiger charge is 2.44. The van der Waals surface area contributed by atoms with Gasteiger partial charge in [0.15, 0.2) is 5.69 Å². The molecule has 2 fully saturated rings. The zero-order chi connectivity index (χ0) is 26.3. The number of hydrazine groups is 1. The van der Waals surface area contributed by atoms with E-state index in [9.17, 15) is 31.5 Å². The minimum Gasteiger partial charge on any atom is -0.435 e. The smallest absolute Gasteiger partial charge is 0.435 e. The highest BCUT2D eigenvalue weighted by Crippen LogP contribution is 2.37. The number of halogens is 5. The van der Waals surface area contributed by atoms with Crippen LogP contribution in [0.3, 0.4) is 0 Å². The molecule has 0 bridgehead atoms. The molecule has 1 aromatic carbocycles. The fourth-order valence-electron chi connectivity index (χ4n) is 5.12. The van der Waals surface area contributed by atoms with Crippen molar-refractivity contribution in [3.8, 4) is 11.4 Å². The van der Waals surface area contributed by atoms with Gasteiger partial charge in [0.2, 0.25) is 0 Å². The number of aromatic nitrogens is 2. The van der Waals surface area contributed by atoms with Gasteiger partial charge in [-0.05, 0) is 43.5 Å². The number of hydrogen-bond donors (Lipinski definition) is 0. The van der Waals surface area contributed by atoms with Crippen molar-refractivity contribution in [1.29, 1.82) is 0 Å². The molecule has 3 aliphatic rings. The van der Waals surface area contributed by atoms with E-state index in [1.165, 1.54) is 24.3 Å². The molecule has 0 radical (unpaired) electrons. The summed E-state index contributed by atoms with van der Waals surface area (Å²) in [6.07, 6.45) is -3.70. The predicted octanol–water partition coefficient (Wildman–Crippen LogP) is 2.73. The summed E-state index contributed by atoms with van der Waals surface area (Å²) in [5, 5.41) is 7.31. The van der Waals surface area contributed by atoms with Crippen LogP contribution in [0.1, 0.15) is 34.6 Å². The molecular weight excluding hydrogens is 505 g/mol. The van der Waals surface area contributed by atoms with Gasteiger partial charge in [-0.15, -0.1) is 0 Å². The number of nitrogens with zero attached hydrogens (tertiary/aromatic N) is 5. The lowest BCUT2D eigenvalue weighted by molar-refractivity contribution is -0.168. The monoisotopic (exact) mass is 529 g/mol. The molecule has 14 heteroatoms. The van der Waals surface area contributed by atoms with E-state index in [-0.39, 0.29) is 54.2 Å². The fraction of sp³-hybridized carbons (Fsp3) is 0.522. The molecule has 0 unspecified atom stereocenters.